The van der Waals surface area contributed by atoms with Crippen molar-refractivity contribution in [2.75, 3.05) is 6.54 Å². The predicted molar refractivity (Wildman–Crippen MR) is 19.7 cm³/mol. The molecule has 4 heteroatoms. The summed E-state index contributed by atoms with van der Waals surface area (Å²) < 4.78 is 0. The van der Waals surface area contributed by atoms with E-state index in [1.165, 1.54) is 0 Å². The van der Waals surface area contributed by atoms with Gasteiger partial charge in [-0.15, -0.1) is 5.11 Å². The Morgan fingerprint density at radius 3 is 2.29 bits per heavy atom. The van der Waals surface area contributed by atoms with Crippen molar-refractivity contribution < 1.29 is 9.59 Å². The molecule has 0 aromatic rings. The van der Waals surface area contributed by atoms with E-state index in [2.05, 4.69) is 10.2 Å². The second-order valence-corrected chi connectivity index (χ2v) is 1.13. The van der Waals surface area contributed by atoms with Crippen LogP contribution in [0.25, 0.3) is 0 Å². The molecule has 1 aliphatic rings. The molecule has 0 atom stereocenters. The molecule has 4 nitrogen and oxygen atoms in total. The van der Waals surface area contributed by atoms with Crippen LogP contribution in [0.2, 0.25) is 0 Å². The number of hydrogen-bond acceptors (Lipinski definition) is 3. The maximum absolute atomic E-state index is 10.0. The van der Waals surface area contributed by atoms with Crippen molar-refractivity contribution in [1.82, 2.24) is 0 Å². The summed E-state index contributed by atoms with van der Waals surface area (Å²) in [5.74, 6) is -1.24. The lowest BCUT2D eigenvalue weighted by atomic mass is 10.4. The van der Waals surface area contributed by atoms with Gasteiger partial charge >= 0.3 is 5.91 Å². The van der Waals surface area contributed by atoms with Gasteiger partial charge in [-0.05, 0) is 0 Å². The summed E-state index contributed by atoms with van der Waals surface area (Å²) in [6, 6.07) is 0. The van der Waals surface area contributed by atoms with E-state index in [1.54, 1.807) is 0 Å². The molecule has 1 amide bonds. The van der Waals surface area contributed by atoms with Crippen LogP contribution in [0.3, 0.4) is 0 Å². The molecule has 36 valence electrons. The Morgan fingerprint density at radius 2 is 2.14 bits per heavy atom. The lowest BCUT2D eigenvalue weighted by molar-refractivity contribution is -0.133. The maximum Gasteiger partial charge on any atom is 0.333 e. The second-order valence-electron chi connectivity index (χ2n) is 1.13. The monoisotopic (exact) mass is 98.0 g/mol. The van der Waals surface area contributed by atoms with Gasteiger partial charge in [0.05, 0.1) is 0 Å². The zero-order valence-corrected chi connectivity index (χ0v) is 3.42. The third kappa shape index (κ3) is 0.534. The number of carbonyl (C=O) groups is 2. The molecular formula is C3H2N2O2. The number of ketones is 1. The summed E-state index contributed by atoms with van der Waals surface area (Å²) in [6.45, 7) is -0.0567. The Bertz CT molecular complexity index is 149. The first-order valence-electron chi connectivity index (χ1n) is 1.75. The minimum Gasteiger partial charge on any atom is -0.286 e. The fourth-order valence-corrected chi connectivity index (χ4v) is 0.287. The van der Waals surface area contributed by atoms with Crippen molar-refractivity contribution in [1.29, 1.82) is 0 Å². The highest BCUT2D eigenvalue weighted by Gasteiger charge is 2.16. The average molecular weight is 98.1 g/mol. The number of amides is 1. The largest absolute Gasteiger partial charge is 0.333 e. The number of Topliss-reactive ketones (excluding diaryl/α,β-unsaturated/α-hetero) is 1. The normalized spacial score (nSPS) is 18.9. The van der Waals surface area contributed by atoms with E-state index >= 15 is 0 Å². The quantitative estimate of drug-likeness (QED) is 0.385. The topological polar surface area (TPSA) is 58.9 Å². The number of rotatable bonds is 0. The summed E-state index contributed by atoms with van der Waals surface area (Å²) in [4.78, 5) is 20.0. The van der Waals surface area contributed by atoms with Crippen molar-refractivity contribution in [3.8, 4) is 0 Å². The van der Waals surface area contributed by atoms with Gasteiger partial charge in [0, 0.05) is 0 Å². The van der Waals surface area contributed by atoms with Crippen LogP contribution in [-0.2, 0) is 9.59 Å². The van der Waals surface area contributed by atoms with Crippen LogP contribution < -0.4 is 0 Å². The highest BCUT2D eigenvalue weighted by molar-refractivity contribution is 6.38. The van der Waals surface area contributed by atoms with E-state index in [4.69, 9.17) is 0 Å². The molecule has 1 rings (SSSR count). The minimum atomic E-state index is -0.722. The average Bonchev–Trinajstić information content (AvgIpc) is 1.91. The Labute approximate surface area is 39.2 Å². The molecule has 0 bridgehead atoms. The fraction of sp³-hybridized carbons (Fsp3) is 0.333. The van der Waals surface area contributed by atoms with Crippen LogP contribution in [0.5, 0.6) is 0 Å². The SMILES string of the molecule is O=C1CN=NC1=O. The standard InChI is InChI=1S/C3H2N2O2/c6-2-1-4-5-3(2)7/h1H2. The molecule has 0 saturated carbocycles. The molecule has 7 heavy (non-hydrogen) atoms. The first-order valence-corrected chi connectivity index (χ1v) is 1.75. The summed E-state index contributed by atoms with van der Waals surface area (Å²) >= 11 is 0. The van der Waals surface area contributed by atoms with Gasteiger partial charge in [-0.3, -0.25) is 9.59 Å². The molecule has 0 N–H and O–H groups in total. The number of hydrogen-bond donors (Lipinski definition) is 0. The molecule has 0 unspecified atom stereocenters. The van der Waals surface area contributed by atoms with E-state index in [-0.39, 0.29) is 6.54 Å². The highest BCUT2D eigenvalue weighted by atomic mass is 16.2. The second kappa shape index (κ2) is 1.22. The third-order valence-corrected chi connectivity index (χ3v) is 0.614. The first-order chi connectivity index (χ1) is 3.30. The molecule has 0 spiro atoms. The first kappa shape index (κ1) is 4.11. The molecule has 0 aliphatic carbocycles. The Morgan fingerprint density at radius 1 is 1.43 bits per heavy atom. The molecule has 0 aromatic heterocycles. The van der Waals surface area contributed by atoms with Crippen LogP contribution in [-0.4, -0.2) is 18.2 Å². The van der Waals surface area contributed by atoms with Gasteiger partial charge < -0.3 is 0 Å². The van der Waals surface area contributed by atoms with Gasteiger partial charge in [-0.1, -0.05) is 0 Å². The molecule has 1 aliphatic heterocycles. The smallest absolute Gasteiger partial charge is 0.286 e. The summed E-state index contributed by atoms with van der Waals surface area (Å²) in [5, 5.41) is 6.12. The van der Waals surface area contributed by atoms with E-state index in [0.29, 0.717) is 0 Å². The molecule has 0 fully saturated rings. The Balaban J connectivity index is 2.81. The van der Waals surface area contributed by atoms with Crippen LogP contribution in [0.15, 0.2) is 10.2 Å². The van der Waals surface area contributed by atoms with E-state index in [1.807, 2.05) is 0 Å². The van der Waals surface area contributed by atoms with Gasteiger partial charge in [-0.2, -0.15) is 5.11 Å². The number of carbonyl (C=O) groups excluding carboxylic acids is 2. The van der Waals surface area contributed by atoms with Crippen molar-refractivity contribution >= 4 is 11.7 Å². The lowest BCUT2D eigenvalue weighted by Crippen LogP contribution is -2.06. The van der Waals surface area contributed by atoms with Gasteiger partial charge in [-0.25, -0.2) is 0 Å². The van der Waals surface area contributed by atoms with Crippen molar-refractivity contribution in [2.24, 2.45) is 10.2 Å². The third-order valence-electron chi connectivity index (χ3n) is 0.614. The highest BCUT2D eigenvalue weighted by Crippen LogP contribution is 1.91. The van der Waals surface area contributed by atoms with Crippen molar-refractivity contribution in [2.45, 2.75) is 0 Å². The summed E-state index contributed by atoms with van der Waals surface area (Å²) in [7, 11) is 0. The van der Waals surface area contributed by atoms with Crippen LogP contribution >= 0.6 is 0 Å². The Kier molecular flexibility index (Phi) is 0.714. The van der Waals surface area contributed by atoms with Gasteiger partial charge in [0.25, 0.3) is 0 Å². The van der Waals surface area contributed by atoms with Gasteiger partial charge in [0.15, 0.2) is 0 Å². The zero-order chi connectivity index (χ0) is 5.28. The van der Waals surface area contributed by atoms with Crippen LogP contribution in [0.1, 0.15) is 0 Å². The van der Waals surface area contributed by atoms with E-state index in [9.17, 15) is 9.59 Å². The molecular weight excluding hydrogens is 96.0 g/mol. The van der Waals surface area contributed by atoms with E-state index < -0.39 is 11.7 Å². The van der Waals surface area contributed by atoms with Crippen molar-refractivity contribution in [3.05, 3.63) is 0 Å². The molecule has 0 radical (unpaired) electrons. The predicted octanol–water partition coefficient (Wildman–Crippen LogP) is -0.452. The van der Waals surface area contributed by atoms with Crippen LogP contribution in [0, 0.1) is 0 Å². The van der Waals surface area contributed by atoms with Gasteiger partial charge in [0.1, 0.15) is 6.54 Å². The number of nitrogens with zero attached hydrogens (tertiary/aromatic N) is 2. The summed E-state index contributed by atoms with van der Waals surface area (Å²) in [5.41, 5.74) is 0. The molecule has 0 aromatic carbocycles. The van der Waals surface area contributed by atoms with Crippen molar-refractivity contribution in [3.63, 3.8) is 0 Å². The molecule has 0 saturated heterocycles. The maximum atomic E-state index is 10.0. The summed E-state index contributed by atoms with van der Waals surface area (Å²) in [6.07, 6.45) is 0. The van der Waals surface area contributed by atoms with E-state index in [0.717, 1.165) is 0 Å². The van der Waals surface area contributed by atoms with Crippen LogP contribution in [0.4, 0.5) is 0 Å². The Hall–Kier alpha value is -1.06. The van der Waals surface area contributed by atoms with Gasteiger partial charge in [0.2, 0.25) is 5.78 Å². The lowest BCUT2D eigenvalue weighted by Gasteiger charge is -1.68. The minimum absolute atomic E-state index is 0.0567. The molecule has 1 heterocycles. The zero-order valence-electron chi connectivity index (χ0n) is 3.42. The number of azo groups is 1. The fourth-order valence-electron chi connectivity index (χ4n) is 0.287.